The lowest BCUT2D eigenvalue weighted by Crippen LogP contribution is -2.27. The quantitative estimate of drug-likeness (QED) is 0.881. The van der Waals surface area contributed by atoms with Gasteiger partial charge in [-0.05, 0) is 36.4 Å². The minimum Gasteiger partial charge on any atom is -0.389 e. The van der Waals surface area contributed by atoms with Crippen LogP contribution < -0.4 is 10.6 Å². The van der Waals surface area contributed by atoms with E-state index in [0.717, 1.165) is 0 Å². The van der Waals surface area contributed by atoms with Gasteiger partial charge in [-0.25, -0.2) is 4.39 Å². The number of thiocarbonyl (C=S) groups is 1. The number of carbonyl (C=O) groups excluding carboxylic acids is 1. The summed E-state index contributed by atoms with van der Waals surface area (Å²) in [5.41, 5.74) is 6.64. The number of halogens is 2. The van der Waals surface area contributed by atoms with Crippen molar-refractivity contribution in [2.45, 2.75) is 0 Å². The van der Waals surface area contributed by atoms with Crippen molar-refractivity contribution in [3.8, 4) is 0 Å². The molecule has 0 bridgehead atoms. The maximum absolute atomic E-state index is 13.8. The van der Waals surface area contributed by atoms with Gasteiger partial charge in [-0.3, -0.25) is 4.79 Å². The molecule has 2 aromatic carbocycles. The Bertz CT molecular complexity index is 683. The van der Waals surface area contributed by atoms with Crippen LogP contribution in [0, 0.1) is 5.82 Å². The molecule has 0 aliphatic carbocycles. The first-order valence-corrected chi connectivity index (χ1v) is 6.82. The normalized spacial score (nSPS) is 10.2. The molecular weight excluding hydrogens is 311 g/mol. The van der Waals surface area contributed by atoms with E-state index in [1.54, 1.807) is 31.3 Å². The second-order valence-corrected chi connectivity index (χ2v) is 5.22. The molecule has 0 radical (unpaired) electrons. The number of rotatable bonds is 3. The van der Waals surface area contributed by atoms with Crippen molar-refractivity contribution >= 4 is 40.4 Å². The fourth-order valence-corrected chi connectivity index (χ4v) is 2.22. The monoisotopic (exact) mass is 322 g/mol. The molecule has 21 heavy (non-hydrogen) atoms. The molecule has 0 saturated heterocycles. The fourth-order valence-electron chi connectivity index (χ4n) is 1.84. The second kappa shape index (κ2) is 6.20. The van der Waals surface area contributed by atoms with Crippen LogP contribution in [0.2, 0.25) is 5.02 Å². The second-order valence-electron chi connectivity index (χ2n) is 4.37. The molecule has 3 nitrogen and oxygen atoms in total. The molecule has 2 rings (SSSR count). The van der Waals surface area contributed by atoms with Gasteiger partial charge in [0.15, 0.2) is 0 Å². The molecular formula is C15H12ClFN2OS. The first-order valence-electron chi connectivity index (χ1n) is 6.03. The van der Waals surface area contributed by atoms with Gasteiger partial charge in [0.25, 0.3) is 5.91 Å². The molecule has 0 spiro atoms. The predicted molar refractivity (Wildman–Crippen MR) is 86.5 cm³/mol. The van der Waals surface area contributed by atoms with Gasteiger partial charge in [0.1, 0.15) is 10.8 Å². The van der Waals surface area contributed by atoms with Gasteiger partial charge in [-0.1, -0.05) is 29.9 Å². The van der Waals surface area contributed by atoms with Crippen LogP contribution in [0.1, 0.15) is 15.9 Å². The Morgan fingerprint density at radius 2 is 1.86 bits per heavy atom. The summed E-state index contributed by atoms with van der Waals surface area (Å²) in [4.78, 5) is 13.9. The highest BCUT2D eigenvalue weighted by atomic mass is 35.5. The Hall–Kier alpha value is -1.98. The molecule has 0 aliphatic rings. The Morgan fingerprint density at radius 3 is 2.38 bits per heavy atom. The summed E-state index contributed by atoms with van der Waals surface area (Å²) in [6.07, 6.45) is 0. The number of amides is 1. The third kappa shape index (κ3) is 3.20. The van der Waals surface area contributed by atoms with Gasteiger partial charge in [0, 0.05) is 18.3 Å². The van der Waals surface area contributed by atoms with Crippen molar-refractivity contribution in [1.82, 2.24) is 0 Å². The van der Waals surface area contributed by atoms with Crippen molar-refractivity contribution < 1.29 is 9.18 Å². The largest absolute Gasteiger partial charge is 0.389 e. The molecule has 1 amide bonds. The van der Waals surface area contributed by atoms with Crippen LogP contribution in [0.25, 0.3) is 0 Å². The van der Waals surface area contributed by atoms with E-state index >= 15 is 0 Å². The van der Waals surface area contributed by atoms with Crippen LogP contribution in [0.3, 0.4) is 0 Å². The molecule has 0 aliphatic heterocycles. The summed E-state index contributed by atoms with van der Waals surface area (Å²) in [6.45, 7) is 0. The number of benzene rings is 2. The zero-order valence-electron chi connectivity index (χ0n) is 11.1. The van der Waals surface area contributed by atoms with Crippen molar-refractivity contribution in [3.05, 3.63) is 64.4 Å². The summed E-state index contributed by atoms with van der Waals surface area (Å²) in [5, 5.41) is 0.0756. The van der Waals surface area contributed by atoms with Crippen LogP contribution in [-0.4, -0.2) is 17.9 Å². The minimum absolute atomic E-state index is 0.0756. The minimum atomic E-state index is -0.654. The van der Waals surface area contributed by atoms with E-state index in [-0.39, 0.29) is 15.6 Å². The number of nitrogens with zero attached hydrogens (tertiary/aromatic N) is 1. The summed E-state index contributed by atoms with van der Waals surface area (Å²) < 4.78 is 13.8. The Kier molecular flexibility index (Phi) is 4.55. The average Bonchev–Trinajstić information content (AvgIpc) is 2.46. The maximum Gasteiger partial charge on any atom is 0.262 e. The van der Waals surface area contributed by atoms with E-state index in [9.17, 15) is 9.18 Å². The highest BCUT2D eigenvalue weighted by molar-refractivity contribution is 7.80. The summed E-state index contributed by atoms with van der Waals surface area (Å²) >= 11 is 10.8. The third-order valence-corrected chi connectivity index (χ3v) is 3.57. The zero-order valence-corrected chi connectivity index (χ0v) is 12.7. The van der Waals surface area contributed by atoms with Crippen LogP contribution in [-0.2, 0) is 0 Å². The van der Waals surface area contributed by atoms with Crippen molar-refractivity contribution in [1.29, 1.82) is 0 Å². The molecule has 2 aromatic rings. The average molecular weight is 323 g/mol. The van der Waals surface area contributed by atoms with E-state index in [4.69, 9.17) is 29.6 Å². The smallest absolute Gasteiger partial charge is 0.262 e. The number of hydrogen-bond acceptors (Lipinski definition) is 2. The van der Waals surface area contributed by atoms with Crippen LogP contribution in [0.5, 0.6) is 0 Å². The zero-order chi connectivity index (χ0) is 15.6. The van der Waals surface area contributed by atoms with Crippen molar-refractivity contribution in [2.24, 2.45) is 5.73 Å². The van der Waals surface area contributed by atoms with Gasteiger partial charge >= 0.3 is 0 Å². The lowest BCUT2D eigenvalue weighted by molar-refractivity contribution is 0.0989. The number of anilines is 1. The van der Waals surface area contributed by atoms with Gasteiger partial charge in [0.2, 0.25) is 0 Å². The SMILES string of the molecule is CN(C(=O)c1c(F)cccc1Cl)c1ccc(C(N)=S)cc1. The number of hydrogen-bond donors (Lipinski definition) is 1. The summed E-state index contributed by atoms with van der Waals surface area (Å²) in [7, 11) is 1.54. The maximum atomic E-state index is 13.8. The molecule has 0 fully saturated rings. The van der Waals surface area contributed by atoms with Gasteiger partial charge in [0.05, 0.1) is 10.6 Å². The molecule has 0 saturated carbocycles. The standard InChI is InChI=1S/C15H12ClFN2OS/c1-19(10-7-5-9(6-8-10)14(18)21)15(20)13-11(16)3-2-4-12(13)17/h2-8H,1H3,(H2,18,21). The lowest BCUT2D eigenvalue weighted by Gasteiger charge is -2.18. The summed E-state index contributed by atoms with van der Waals surface area (Å²) in [6, 6.07) is 10.9. The molecule has 0 atom stereocenters. The number of carbonyl (C=O) groups is 1. The molecule has 0 heterocycles. The molecule has 6 heteroatoms. The molecule has 0 unspecified atom stereocenters. The Balaban J connectivity index is 2.33. The van der Waals surface area contributed by atoms with Crippen LogP contribution in [0.15, 0.2) is 42.5 Å². The van der Waals surface area contributed by atoms with Crippen LogP contribution in [0.4, 0.5) is 10.1 Å². The van der Waals surface area contributed by atoms with Crippen molar-refractivity contribution in [2.75, 3.05) is 11.9 Å². The lowest BCUT2D eigenvalue weighted by atomic mass is 10.1. The Labute approximate surface area is 132 Å². The van der Waals surface area contributed by atoms with Gasteiger partial charge < -0.3 is 10.6 Å². The van der Waals surface area contributed by atoms with Gasteiger partial charge in [-0.15, -0.1) is 0 Å². The van der Waals surface area contributed by atoms with E-state index in [2.05, 4.69) is 0 Å². The summed E-state index contributed by atoms with van der Waals surface area (Å²) in [5.74, 6) is -1.18. The molecule has 108 valence electrons. The van der Waals surface area contributed by atoms with Crippen LogP contribution >= 0.6 is 23.8 Å². The predicted octanol–water partition coefficient (Wildman–Crippen LogP) is 3.39. The highest BCUT2D eigenvalue weighted by Crippen LogP contribution is 2.23. The fraction of sp³-hybridized carbons (Fsp3) is 0.0667. The van der Waals surface area contributed by atoms with E-state index in [1.165, 1.54) is 23.1 Å². The van der Waals surface area contributed by atoms with Gasteiger partial charge in [-0.2, -0.15) is 0 Å². The van der Waals surface area contributed by atoms with Crippen molar-refractivity contribution in [3.63, 3.8) is 0 Å². The Morgan fingerprint density at radius 1 is 1.24 bits per heavy atom. The van der Waals surface area contributed by atoms with E-state index in [1.807, 2.05) is 0 Å². The molecule has 2 N–H and O–H groups in total. The number of nitrogens with two attached hydrogens (primary N) is 1. The topological polar surface area (TPSA) is 46.3 Å². The molecule has 0 aromatic heterocycles. The third-order valence-electron chi connectivity index (χ3n) is 3.02. The highest BCUT2D eigenvalue weighted by Gasteiger charge is 2.20. The first kappa shape index (κ1) is 15.4. The first-order chi connectivity index (χ1) is 9.91. The van der Waals surface area contributed by atoms with E-state index < -0.39 is 11.7 Å². The van der Waals surface area contributed by atoms with E-state index in [0.29, 0.717) is 11.3 Å².